The maximum atomic E-state index is 10.6. The van der Waals surface area contributed by atoms with Crippen LogP contribution >= 0.6 is 0 Å². The van der Waals surface area contributed by atoms with Crippen molar-refractivity contribution in [3.8, 4) is 0 Å². The number of hydrogen-bond acceptors (Lipinski definition) is 3. The summed E-state index contributed by atoms with van der Waals surface area (Å²) in [6.07, 6.45) is 1.59. The molecule has 0 spiro atoms. The van der Waals surface area contributed by atoms with Gasteiger partial charge < -0.3 is 15.5 Å². The van der Waals surface area contributed by atoms with Crippen LogP contribution in [0.1, 0.15) is 29.6 Å². The molecule has 0 unspecified atom stereocenters. The number of nitrogens with one attached hydrogen (secondary N) is 1. The van der Waals surface area contributed by atoms with Gasteiger partial charge >= 0.3 is 11.9 Å². The normalized spacial score (nSPS) is 9.88. The molecule has 5 nitrogen and oxygen atoms in total. The Kier molecular flexibility index (Phi) is 5.00. The molecule has 5 heteroatoms. The molecule has 17 heavy (non-hydrogen) atoms. The van der Waals surface area contributed by atoms with E-state index in [9.17, 15) is 9.59 Å². The van der Waals surface area contributed by atoms with Crippen LogP contribution in [0.25, 0.3) is 0 Å². The Balaban J connectivity index is 2.27. The third kappa shape index (κ3) is 5.01. The zero-order valence-corrected chi connectivity index (χ0v) is 9.35. The highest BCUT2D eigenvalue weighted by Gasteiger charge is 2.01. The molecule has 0 heterocycles. The third-order valence-electron chi connectivity index (χ3n) is 2.28. The first-order chi connectivity index (χ1) is 8.09. The summed E-state index contributed by atoms with van der Waals surface area (Å²) in [6, 6.07) is 6.45. The lowest BCUT2D eigenvalue weighted by molar-refractivity contribution is -0.137. The van der Waals surface area contributed by atoms with Crippen molar-refractivity contribution >= 4 is 17.6 Å². The molecule has 0 aromatic heterocycles. The number of carboxylic acid groups (broad SMARTS) is 2. The van der Waals surface area contributed by atoms with Gasteiger partial charge in [-0.05, 0) is 37.1 Å². The van der Waals surface area contributed by atoms with E-state index in [1.807, 2.05) is 0 Å². The van der Waals surface area contributed by atoms with E-state index in [0.717, 1.165) is 12.1 Å². The molecule has 0 aliphatic rings. The van der Waals surface area contributed by atoms with Gasteiger partial charge in [0.05, 0.1) is 5.56 Å². The van der Waals surface area contributed by atoms with E-state index in [0.29, 0.717) is 13.0 Å². The first kappa shape index (κ1) is 13.0. The fraction of sp³-hybridized carbons (Fsp3) is 0.333. The number of hydrogen-bond donors (Lipinski definition) is 3. The summed E-state index contributed by atoms with van der Waals surface area (Å²) in [5, 5.41) is 20.2. The van der Waals surface area contributed by atoms with Crippen molar-refractivity contribution in [3.63, 3.8) is 0 Å². The Morgan fingerprint density at radius 2 is 1.71 bits per heavy atom. The molecule has 1 rings (SSSR count). The largest absolute Gasteiger partial charge is 0.481 e. The first-order valence-electron chi connectivity index (χ1n) is 5.38. The van der Waals surface area contributed by atoms with Crippen molar-refractivity contribution in [2.45, 2.75) is 19.3 Å². The van der Waals surface area contributed by atoms with Crippen molar-refractivity contribution in [1.29, 1.82) is 0 Å². The summed E-state index contributed by atoms with van der Waals surface area (Å²) in [4.78, 5) is 20.9. The smallest absolute Gasteiger partial charge is 0.335 e. The van der Waals surface area contributed by atoms with Crippen molar-refractivity contribution in [1.82, 2.24) is 0 Å². The Hall–Kier alpha value is -2.04. The summed E-state index contributed by atoms with van der Waals surface area (Å²) in [6.45, 7) is 0.680. The van der Waals surface area contributed by atoms with Crippen LogP contribution in [0.4, 0.5) is 5.69 Å². The molecule has 3 N–H and O–H groups in total. The van der Waals surface area contributed by atoms with E-state index < -0.39 is 11.9 Å². The van der Waals surface area contributed by atoms with Crippen LogP contribution in [0.2, 0.25) is 0 Å². The second-order valence-electron chi connectivity index (χ2n) is 3.66. The number of carboxylic acids is 2. The standard InChI is InChI=1S/C12H15NO4/c14-11(15)3-1-2-8-13-10-6-4-9(5-7-10)12(16)17/h4-7,13H,1-3,8H2,(H,14,15)(H,16,17). The number of aromatic carboxylic acids is 1. The maximum absolute atomic E-state index is 10.6. The van der Waals surface area contributed by atoms with E-state index in [-0.39, 0.29) is 12.0 Å². The molecule has 0 bridgehead atoms. The summed E-state index contributed by atoms with van der Waals surface area (Å²) < 4.78 is 0. The average molecular weight is 237 g/mol. The molecule has 0 atom stereocenters. The molecule has 0 aliphatic carbocycles. The van der Waals surface area contributed by atoms with Crippen LogP contribution in [0.15, 0.2) is 24.3 Å². The van der Waals surface area contributed by atoms with Crippen molar-refractivity contribution in [2.75, 3.05) is 11.9 Å². The Bertz CT molecular complexity index is 386. The molecule has 0 radical (unpaired) electrons. The second-order valence-corrected chi connectivity index (χ2v) is 3.66. The number of aliphatic carboxylic acids is 1. The fourth-order valence-electron chi connectivity index (χ4n) is 1.36. The highest BCUT2D eigenvalue weighted by molar-refractivity contribution is 5.87. The monoisotopic (exact) mass is 237 g/mol. The topological polar surface area (TPSA) is 86.6 Å². The highest BCUT2D eigenvalue weighted by atomic mass is 16.4. The number of rotatable bonds is 7. The van der Waals surface area contributed by atoms with Gasteiger partial charge in [0, 0.05) is 18.7 Å². The van der Waals surface area contributed by atoms with Crippen LogP contribution in [-0.2, 0) is 4.79 Å². The van der Waals surface area contributed by atoms with Crippen LogP contribution in [0.5, 0.6) is 0 Å². The van der Waals surface area contributed by atoms with Crippen molar-refractivity contribution in [2.24, 2.45) is 0 Å². The van der Waals surface area contributed by atoms with Gasteiger partial charge in [0.25, 0.3) is 0 Å². The van der Waals surface area contributed by atoms with Gasteiger partial charge in [-0.25, -0.2) is 4.79 Å². The number of unbranched alkanes of at least 4 members (excludes halogenated alkanes) is 1. The molecule has 1 aromatic carbocycles. The molecular weight excluding hydrogens is 222 g/mol. The van der Waals surface area contributed by atoms with E-state index >= 15 is 0 Å². The summed E-state index contributed by atoms with van der Waals surface area (Å²) in [5.74, 6) is -1.73. The third-order valence-corrected chi connectivity index (χ3v) is 2.28. The number of carbonyl (C=O) groups is 2. The molecule has 92 valence electrons. The van der Waals surface area contributed by atoms with Crippen LogP contribution in [-0.4, -0.2) is 28.7 Å². The molecule has 0 aliphatic heterocycles. The van der Waals surface area contributed by atoms with Gasteiger partial charge in [0.1, 0.15) is 0 Å². The van der Waals surface area contributed by atoms with E-state index in [1.165, 1.54) is 12.1 Å². The zero-order chi connectivity index (χ0) is 12.7. The maximum Gasteiger partial charge on any atom is 0.335 e. The quantitative estimate of drug-likeness (QED) is 0.632. The molecule has 1 aromatic rings. The van der Waals surface area contributed by atoms with Gasteiger partial charge in [0.2, 0.25) is 0 Å². The minimum atomic E-state index is -0.946. The van der Waals surface area contributed by atoms with Crippen molar-refractivity contribution < 1.29 is 19.8 Å². The van der Waals surface area contributed by atoms with Gasteiger partial charge in [-0.2, -0.15) is 0 Å². The minimum Gasteiger partial charge on any atom is -0.481 e. The van der Waals surface area contributed by atoms with Gasteiger partial charge in [-0.15, -0.1) is 0 Å². The van der Waals surface area contributed by atoms with E-state index in [1.54, 1.807) is 12.1 Å². The predicted molar refractivity (Wildman–Crippen MR) is 63.4 cm³/mol. The van der Waals surface area contributed by atoms with Gasteiger partial charge in [-0.1, -0.05) is 0 Å². The molecular formula is C12H15NO4. The fourth-order valence-corrected chi connectivity index (χ4v) is 1.36. The lowest BCUT2D eigenvalue weighted by Gasteiger charge is -2.05. The van der Waals surface area contributed by atoms with E-state index in [4.69, 9.17) is 10.2 Å². The molecule has 0 saturated heterocycles. The van der Waals surface area contributed by atoms with Crippen LogP contribution < -0.4 is 5.32 Å². The number of anilines is 1. The lowest BCUT2D eigenvalue weighted by Crippen LogP contribution is -2.03. The lowest BCUT2D eigenvalue weighted by atomic mass is 10.2. The van der Waals surface area contributed by atoms with Crippen LogP contribution in [0, 0.1) is 0 Å². The summed E-state index contributed by atoms with van der Waals surface area (Å²) in [7, 11) is 0. The van der Waals surface area contributed by atoms with Gasteiger partial charge in [-0.3, -0.25) is 4.79 Å². The van der Waals surface area contributed by atoms with Crippen LogP contribution in [0.3, 0.4) is 0 Å². The van der Waals surface area contributed by atoms with E-state index in [2.05, 4.69) is 5.32 Å². The Morgan fingerprint density at radius 3 is 2.24 bits per heavy atom. The average Bonchev–Trinajstić information content (AvgIpc) is 2.29. The Morgan fingerprint density at radius 1 is 1.06 bits per heavy atom. The molecule has 0 fully saturated rings. The first-order valence-corrected chi connectivity index (χ1v) is 5.38. The summed E-state index contributed by atoms with van der Waals surface area (Å²) >= 11 is 0. The molecule has 0 amide bonds. The SMILES string of the molecule is O=C(O)CCCCNc1ccc(C(=O)O)cc1. The second kappa shape index (κ2) is 6.52. The minimum absolute atomic E-state index is 0.180. The number of benzene rings is 1. The zero-order valence-electron chi connectivity index (χ0n) is 9.35. The predicted octanol–water partition coefficient (Wildman–Crippen LogP) is 2.05. The highest BCUT2D eigenvalue weighted by Crippen LogP contribution is 2.09. The molecule has 0 saturated carbocycles. The van der Waals surface area contributed by atoms with Crippen molar-refractivity contribution in [3.05, 3.63) is 29.8 Å². The van der Waals surface area contributed by atoms with Gasteiger partial charge in [0.15, 0.2) is 0 Å². The Labute approximate surface area is 99.1 Å². The summed E-state index contributed by atoms with van der Waals surface area (Å²) in [5.41, 5.74) is 1.09.